The molecule has 2 unspecified atom stereocenters. The van der Waals surface area contributed by atoms with Crippen LogP contribution in [0.15, 0.2) is 59.5 Å². The van der Waals surface area contributed by atoms with Crippen molar-refractivity contribution in [2.24, 2.45) is 0 Å². The molecule has 1 N–H and O–H groups in total. The van der Waals surface area contributed by atoms with Gasteiger partial charge in [0.2, 0.25) is 11.8 Å². The number of hydrogen-bond donors (Lipinski definition) is 1. The summed E-state index contributed by atoms with van der Waals surface area (Å²) >= 11 is 1.51. The quantitative estimate of drug-likeness (QED) is 0.570. The first kappa shape index (κ1) is 23.0. The van der Waals surface area contributed by atoms with Crippen molar-refractivity contribution in [3.05, 3.63) is 65.7 Å². The predicted octanol–water partition coefficient (Wildman–Crippen LogP) is 4.81. The zero-order chi connectivity index (χ0) is 21.2. The third kappa shape index (κ3) is 7.24. The summed E-state index contributed by atoms with van der Waals surface area (Å²) in [6.07, 6.45) is 1.44. The Hall–Kier alpha value is -2.27. The first-order valence-electron chi connectivity index (χ1n) is 10.3. The third-order valence-electron chi connectivity index (χ3n) is 4.93. The van der Waals surface area contributed by atoms with Gasteiger partial charge in [-0.25, -0.2) is 0 Å². The van der Waals surface area contributed by atoms with Crippen LogP contribution in [0.2, 0.25) is 0 Å². The maximum absolute atomic E-state index is 13.2. The first-order chi connectivity index (χ1) is 13.9. The Morgan fingerprint density at radius 1 is 1.03 bits per heavy atom. The van der Waals surface area contributed by atoms with Gasteiger partial charge >= 0.3 is 0 Å². The number of nitrogens with one attached hydrogen (secondary N) is 1. The van der Waals surface area contributed by atoms with E-state index in [1.54, 1.807) is 4.90 Å². The molecule has 0 fully saturated rings. The van der Waals surface area contributed by atoms with Crippen LogP contribution in [0.3, 0.4) is 0 Å². The van der Waals surface area contributed by atoms with Gasteiger partial charge in [-0.3, -0.25) is 9.59 Å². The van der Waals surface area contributed by atoms with Crippen LogP contribution in [-0.4, -0.2) is 34.6 Å². The van der Waals surface area contributed by atoms with Gasteiger partial charge in [-0.05, 0) is 44.4 Å². The molecule has 2 rings (SSSR count). The Balaban J connectivity index is 2.20. The zero-order valence-corrected chi connectivity index (χ0v) is 18.7. The normalized spacial score (nSPS) is 12.8. The lowest BCUT2D eigenvalue weighted by atomic mass is 10.1. The smallest absolute Gasteiger partial charge is 0.243 e. The summed E-state index contributed by atoms with van der Waals surface area (Å²) in [7, 11) is 0. The minimum atomic E-state index is -0.478. The van der Waals surface area contributed by atoms with Crippen LogP contribution in [0.1, 0.15) is 44.7 Å². The van der Waals surface area contributed by atoms with Gasteiger partial charge in [-0.2, -0.15) is 0 Å². The molecule has 0 aliphatic carbocycles. The van der Waals surface area contributed by atoms with E-state index in [-0.39, 0.29) is 17.9 Å². The van der Waals surface area contributed by atoms with Crippen LogP contribution < -0.4 is 5.32 Å². The van der Waals surface area contributed by atoms with E-state index in [2.05, 4.69) is 11.4 Å². The van der Waals surface area contributed by atoms with Gasteiger partial charge in [-0.1, -0.05) is 61.9 Å². The lowest BCUT2D eigenvalue weighted by Gasteiger charge is -2.31. The van der Waals surface area contributed by atoms with Crippen LogP contribution in [-0.2, 0) is 16.1 Å². The molecule has 0 spiro atoms. The second kappa shape index (κ2) is 11.7. The molecule has 0 bridgehead atoms. The number of benzene rings is 2. The molecule has 0 saturated carbocycles. The van der Waals surface area contributed by atoms with Crippen molar-refractivity contribution in [2.45, 2.75) is 64.1 Å². The molecular weight excluding hydrogens is 380 g/mol. The molecule has 0 heterocycles. The largest absolute Gasteiger partial charge is 0.352 e. The Morgan fingerprint density at radius 3 is 2.38 bits per heavy atom. The second-order valence-corrected chi connectivity index (χ2v) is 8.40. The summed E-state index contributed by atoms with van der Waals surface area (Å²) in [5, 5.41) is 3.05. The monoisotopic (exact) mass is 412 g/mol. The number of carbonyl (C=O) groups is 2. The molecule has 0 aliphatic rings. The van der Waals surface area contributed by atoms with E-state index < -0.39 is 6.04 Å². The third-order valence-corrected chi connectivity index (χ3v) is 5.92. The van der Waals surface area contributed by atoms with Crippen molar-refractivity contribution in [1.29, 1.82) is 0 Å². The van der Waals surface area contributed by atoms with Gasteiger partial charge in [-0.15, -0.1) is 11.8 Å². The Labute approximate surface area is 179 Å². The number of thioether (sulfide) groups is 1. The summed E-state index contributed by atoms with van der Waals surface area (Å²) in [6, 6.07) is 17.6. The number of aryl methyl sites for hydroxylation is 1. The van der Waals surface area contributed by atoms with Gasteiger partial charge in [0.15, 0.2) is 0 Å². The summed E-state index contributed by atoms with van der Waals surface area (Å²) in [5.41, 5.74) is 2.18. The summed E-state index contributed by atoms with van der Waals surface area (Å²) < 4.78 is 0. The number of amides is 2. The molecule has 156 valence electrons. The van der Waals surface area contributed by atoms with Gasteiger partial charge in [0.05, 0.1) is 5.75 Å². The van der Waals surface area contributed by atoms with Crippen LogP contribution in [0.25, 0.3) is 0 Å². The van der Waals surface area contributed by atoms with Gasteiger partial charge in [0, 0.05) is 17.5 Å². The zero-order valence-electron chi connectivity index (χ0n) is 17.9. The Kier molecular flexibility index (Phi) is 9.26. The summed E-state index contributed by atoms with van der Waals surface area (Å²) in [4.78, 5) is 28.9. The Morgan fingerprint density at radius 2 is 1.76 bits per heavy atom. The molecule has 0 aromatic heterocycles. The molecule has 0 aliphatic heterocycles. The van der Waals surface area contributed by atoms with Crippen molar-refractivity contribution in [2.75, 3.05) is 5.75 Å². The van der Waals surface area contributed by atoms with Crippen molar-refractivity contribution < 1.29 is 9.59 Å². The van der Waals surface area contributed by atoms with E-state index in [9.17, 15) is 9.59 Å². The fourth-order valence-corrected chi connectivity index (χ4v) is 3.92. The highest BCUT2D eigenvalue weighted by molar-refractivity contribution is 8.00. The Bertz CT molecular complexity index is 794. The van der Waals surface area contributed by atoms with E-state index in [0.29, 0.717) is 18.7 Å². The van der Waals surface area contributed by atoms with E-state index in [4.69, 9.17) is 0 Å². The maximum Gasteiger partial charge on any atom is 0.243 e. The minimum Gasteiger partial charge on any atom is -0.352 e. The summed E-state index contributed by atoms with van der Waals surface area (Å²) in [6.45, 7) is 8.46. The van der Waals surface area contributed by atoms with Crippen molar-refractivity contribution in [1.82, 2.24) is 10.2 Å². The van der Waals surface area contributed by atoms with Crippen LogP contribution in [0.5, 0.6) is 0 Å². The topological polar surface area (TPSA) is 49.4 Å². The molecule has 2 atom stereocenters. The molecule has 2 amide bonds. The van der Waals surface area contributed by atoms with E-state index >= 15 is 0 Å². The molecule has 2 aromatic rings. The molecule has 4 nitrogen and oxygen atoms in total. The first-order valence-corrected chi connectivity index (χ1v) is 11.3. The fourth-order valence-electron chi connectivity index (χ4n) is 3.11. The van der Waals surface area contributed by atoms with E-state index in [0.717, 1.165) is 22.4 Å². The van der Waals surface area contributed by atoms with E-state index in [1.807, 2.05) is 76.2 Å². The van der Waals surface area contributed by atoms with Crippen molar-refractivity contribution >= 4 is 23.6 Å². The van der Waals surface area contributed by atoms with Gasteiger partial charge < -0.3 is 10.2 Å². The van der Waals surface area contributed by atoms with Crippen LogP contribution in [0, 0.1) is 6.92 Å². The highest BCUT2D eigenvalue weighted by Gasteiger charge is 2.29. The van der Waals surface area contributed by atoms with Crippen molar-refractivity contribution in [3.63, 3.8) is 0 Å². The van der Waals surface area contributed by atoms with Crippen molar-refractivity contribution in [3.8, 4) is 0 Å². The molecule has 0 radical (unpaired) electrons. The standard InChI is InChI=1S/C24H32N2O2S/c1-5-19(4)25-24(28)22(6-2)26(16-20-12-10-11-18(3)15-20)23(27)17-29-21-13-8-7-9-14-21/h7-15,19,22H,5-6,16-17H2,1-4H3,(H,25,28). The molecule has 2 aromatic carbocycles. The average Bonchev–Trinajstić information content (AvgIpc) is 2.72. The number of carbonyl (C=O) groups excluding carboxylic acids is 2. The maximum atomic E-state index is 13.2. The fraction of sp³-hybridized carbons (Fsp3) is 0.417. The minimum absolute atomic E-state index is 0.0217. The highest BCUT2D eigenvalue weighted by Crippen LogP contribution is 2.20. The van der Waals surface area contributed by atoms with Gasteiger partial charge in [0.25, 0.3) is 0 Å². The number of rotatable bonds is 10. The number of hydrogen-bond acceptors (Lipinski definition) is 3. The highest BCUT2D eigenvalue weighted by atomic mass is 32.2. The number of nitrogens with zero attached hydrogens (tertiary/aromatic N) is 1. The predicted molar refractivity (Wildman–Crippen MR) is 121 cm³/mol. The summed E-state index contributed by atoms with van der Waals surface area (Å²) in [5.74, 6) is 0.210. The van der Waals surface area contributed by atoms with Crippen LogP contribution in [0.4, 0.5) is 0 Å². The molecule has 5 heteroatoms. The SMILES string of the molecule is CCC(C)NC(=O)C(CC)N(Cc1cccc(C)c1)C(=O)CSc1ccccc1. The molecule has 29 heavy (non-hydrogen) atoms. The average molecular weight is 413 g/mol. The molecular formula is C24H32N2O2S. The van der Waals surface area contributed by atoms with Gasteiger partial charge in [0.1, 0.15) is 6.04 Å². The second-order valence-electron chi connectivity index (χ2n) is 7.35. The molecule has 0 saturated heterocycles. The van der Waals surface area contributed by atoms with Crippen LogP contribution >= 0.6 is 11.8 Å². The lowest BCUT2D eigenvalue weighted by molar-refractivity contribution is -0.139. The lowest BCUT2D eigenvalue weighted by Crippen LogP contribution is -2.51. The van der Waals surface area contributed by atoms with E-state index in [1.165, 1.54) is 11.8 Å².